The standard InChI is InChI=1S/C19H30N4O2/c1-14(2)12-22-19(25)23-11-3-4-16(13-23)18(24)21-10-9-15-5-7-17(20)8-6-15/h5-8,14,16H,3-4,9-13,20H2,1-2H3,(H,21,24)(H,22,25). The highest BCUT2D eigenvalue weighted by molar-refractivity contribution is 5.80. The number of benzene rings is 1. The van der Waals surface area contributed by atoms with Gasteiger partial charge in [0.2, 0.25) is 5.91 Å². The fourth-order valence-corrected chi connectivity index (χ4v) is 2.94. The molecule has 2 rings (SSSR count). The van der Waals surface area contributed by atoms with Crippen LogP contribution in [0.1, 0.15) is 32.3 Å². The van der Waals surface area contributed by atoms with E-state index in [1.165, 1.54) is 0 Å². The summed E-state index contributed by atoms with van der Waals surface area (Å²) < 4.78 is 0. The molecule has 6 heteroatoms. The van der Waals surface area contributed by atoms with Gasteiger partial charge < -0.3 is 21.3 Å². The van der Waals surface area contributed by atoms with Gasteiger partial charge >= 0.3 is 6.03 Å². The number of hydrogen-bond acceptors (Lipinski definition) is 3. The summed E-state index contributed by atoms with van der Waals surface area (Å²) in [6.07, 6.45) is 2.48. The molecule has 1 saturated heterocycles. The summed E-state index contributed by atoms with van der Waals surface area (Å²) in [6, 6.07) is 7.62. The summed E-state index contributed by atoms with van der Waals surface area (Å²) >= 11 is 0. The van der Waals surface area contributed by atoms with E-state index in [1.807, 2.05) is 24.3 Å². The number of amides is 3. The van der Waals surface area contributed by atoms with Crippen LogP contribution in [0.5, 0.6) is 0 Å². The number of hydrogen-bond donors (Lipinski definition) is 3. The Morgan fingerprint density at radius 1 is 1.24 bits per heavy atom. The van der Waals surface area contributed by atoms with Gasteiger partial charge in [0.05, 0.1) is 5.92 Å². The third kappa shape index (κ3) is 6.29. The first kappa shape index (κ1) is 19.1. The zero-order valence-corrected chi connectivity index (χ0v) is 15.3. The van der Waals surface area contributed by atoms with Crippen molar-refractivity contribution in [1.29, 1.82) is 0 Å². The van der Waals surface area contributed by atoms with Gasteiger partial charge in [-0.25, -0.2) is 4.79 Å². The van der Waals surface area contributed by atoms with Crippen molar-refractivity contribution < 1.29 is 9.59 Å². The summed E-state index contributed by atoms with van der Waals surface area (Å²) in [5, 5.41) is 5.92. The lowest BCUT2D eigenvalue weighted by atomic mass is 9.97. The molecule has 138 valence electrons. The molecule has 0 aliphatic carbocycles. The molecule has 1 fully saturated rings. The number of carbonyl (C=O) groups is 2. The van der Waals surface area contributed by atoms with E-state index in [2.05, 4.69) is 24.5 Å². The SMILES string of the molecule is CC(C)CNC(=O)N1CCCC(C(=O)NCCc2ccc(N)cc2)C1. The molecule has 0 bridgehead atoms. The summed E-state index contributed by atoms with van der Waals surface area (Å²) in [5.74, 6) is 0.336. The maximum atomic E-state index is 12.4. The van der Waals surface area contributed by atoms with Crippen LogP contribution in [0.15, 0.2) is 24.3 Å². The van der Waals surface area contributed by atoms with E-state index < -0.39 is 0 Å². The van der Waals surface area contributed by atoms with Crippen LogP contribution in [0.4, 0.5) is 10.5 Å². The number of nitrogens with zero attached hydrogens (tertiary/aromatic N) is 1. The minimum atomic E-state index is -0.120. The highest BCUT2D eigenvalue weighted by Gasteiger charge is 2.28. The number of nitrogens with two attached hydrogens (primary N) is 1. The first-order valence-corrected chi connectivity index (χ1v) is 9.10. The molecule has 1 aliphatic rings. The lowest BCUT2D eigenvalue weighted by Gasteiger charge is -2.32. The Morgan fingerprint density at radius 2 is 1.96 bits per heavy atom. The molecule has 1 aliphatic heterocycles. The zero-order valence-electron chi connectivity index (χ0n) is 15.3. The van der Waals surface area contributed by atoms with Crippen LogP contribution in [0.2, 0.25) is 0 Å². The quantitative estimate of drug-likeness (QED) is 0.689. The van der Waals surface area contributed by atoms with Crippen molar-refractivity contribution in [2.24, 2.45) is 11.8 Å². The maximum Gasteiger partial charge on any atom is 0.317 e. The fourth-order valence-electron chi connectivity index (χ4n) is 2.94. The molecule has 1 unspecified atom stereocenters. The third-order valence-corrected chi connectivity index (χ3v) is 4.43. The van der Waals surface area contributed by atoms with Crippen molar-refractivity contribution in [3.05, 3.63) is 29.8 Å². The summed E-state index contributed by atoms with van der Waals surface area (Å²) in [5.41, 5.74) is 7.56. The molecule has 1 aromatic carbocycles. The van der Waals surface area contributed by atoms with Crippen LogP contribution in [0.3, 0.4) is 0 Å². The van der Waals surface area contributed by atoms with Crippen LogP contribution in [0, 0.1) is 11.8 Å². The summed E-state index contributed by atoms with van der Waals surface area (Å²) in [4.78, 5) is 26.3. The summed E-state index contributed by atoms with van der Waals surface area (Å²) in [7, 11) is 0. The average Bonchev–Trinajstić information content (AvgIpc) is 2.61. The molecular formula is C19H30N4O2. The average molecular weight is 346 g/mol. The molecule has 0 spiro atoms. The molecule has 0 saturated carbocycles. The van der Waals surface area contributed by atoms with E-state index in [0.29, 0.717) is 25.6 Å². The monoisotopic (exact) mass is 346 g/mol. The fraction of sp³-hybridized carbons (Fsp3) is 0.579. The van der Waals surface area contributed by atoms with Gasteiger partial charge in [0.25, 0.3) is 0 Å². The highest BCUT2D eigenvalue weighted by atomic mass is 16.2. The predicted octanol–water partition coefficient (Wildman–Crippen LogP) is 2.01. The molecular weight excluding hydrogens is 316 g/mol. The Kier molecular flexibility index (Phi) is 7.10. The van der Waals surface area contributed by atoms with Gasteiger partial charge in [-0.3, -0.25) is 4.79 Å². The molecule has 0 radical (unpaired) electrons. The topological polar surface area (TPSA) is 87.5 Å². The lowest BCUT2D eigenvalue weighted by Crippen LogP contribution is -2.49. The number of urea groups is 1. The van der Waals surface area contributed by atoms with Gasteiger partial charge in [0.1, 0.15) is 0 Å². The smallest absolute Gasteiger partial charge is 0.317 e. The molecule has 0 aromatic heterocycles. The molecule has 4 N–H and O–H groups in total. The first-order valence-electron chi connectivity index (χ1n) is 9.10. The summed E-state index contributed by atoms with van der Waals surface area (Å²) in [6.45, 7) is 6.60. The molecule has 6 nitrogen and oxygen atoms in total. The van der Waals surface area contributed by atoms with Gasteiger partial charge in [0.15, 0.2) is 0 Å². The van der Waals surface area contributed by atoms with Crippen molar-refractivity contribution >= 4 is 17.6 Å². The second-order valence-corrected chi connectivity index (χ2v) is 7.15. The molecule has 1 atom stereocenters. The van der Waals surface area contributed by atoms with Crippen molar-refractivity contribution in [2.75, 3.05) is 31.9 Å². The number of carbonyl (C=O) groups excluding carboxylic acids is 2. The Bertz CT molecular complexity index is 571. The minimum Gasteiger partial charge on any atom is -0.399 e. The maximum absolute atomic E-state index is 12.4. The first-order chi connectivity index (χ1) is 12.0. The number of likely N-dealkylation sites (tertiary alicyclic amines) is 1. The Balaban J connectivity index is 1.75. The zero-order chi connectivity index (χ0) is 18.2. The van der Waals surface area contributed by atoms with E-state index in [1.54, 1.807) is 4.90 Å². The number of nitrogens with one attached hydrogen (secondary N) is 2. The van der Waals surface area contributed by atoms with Crippen LogP contribution in [-0.2, 0) is 11.2 Å². The van der Waals surface area contributed by atoms with E-state index in [0.717, 1.165) is 37.1 Å². The van der Waals surface area contributed by atoms with Crippen LogP contribution in [0.25, 0.3) is 0 Å². The van der Waals surface area contributed by atoms with Crippen molar-refractivity contribution in [1.82, 2.24) is 15.5 Å². The number of rotatable bonds is 6. The minimum absolute atomic E-state index is 0.0387. The van der Waals surface area contributed by atoms with E-state index in [-0.39, 0.29) is 17.9 Å². The lowest BCUT2D eigenvalue weighted by molar-refractivity contribution is -0.126. The van der Waals surface area contributed by atoms with Gasteiger partial charge in [-0.2, -0.15) is 0 Å². The second-order valence-electron chi connectivity index (χ2n) is 7.15. The van der Waals surface area contributed by atoms with Crippen molar-refractivity contribution in [2.45, 2.75) is 33.1 Å². The van der Waals surface area contributed by atoms with Crippen LogP contribution < -0.4 is 16.4 Å². The van der Waals surface area contributed by atoms with E-state index in [9.17, 15) is 9.59 Å². The Hall–Kier alpha value is -2.24. The van der Waals surface area contributed by atoms with Crippen molar-refractivity contribution in [3.63, 3.8) is 0 Å². The largest absolute Gasteiger partial charge is 0.399 e. The van der Waals surface area contributed by atoms with Gasteiger partial charge in [-0.15, -0.1) is 0 Å². The van der Waals surface area contributed by atoms with Crippen molar-refractivity contribution in [3.8, 4) is 0 Å². The predicted molar refractivity (Wildman–Crippen MR) is 100 cm³/mol. The Morgan fingerprint density at radius 3 is 2.64 bits per heavy atom. The number of anilines is 1. The van der Waals surface area contributed by atoms with Gasteiger partial charge in [-0.1, -0.05) is 26.0 Å². The van der Waals surface area contributed by atoms with E-state index in [4.69, 9.17) is 5.73 Å². The van der Waals surface area contributed by atoms with Crippen LogP contribution in [-0.4, -0.2) is 43.0 Å². The number of piperidine rings is 1. The van der Waals surface area contributed by atoms with Gasteiger partial charge in [0, 0.05) is 31.9 Å². The second kappa shape index (κ2) is 9.30. The normalized spacial score (nSPS) is 17.4. The third-order valence-electron chi connectivity index (χ3n) is 4.43. The molecule has 1 aromatic rings. The highest BCUT2D eigenvalue weighted by Crippen LogP contribution is 2.17. The number of nitrogen functional groups attached to an aromatic ring is 1. The Labute approximate surface area is 150 Å². The van der Waals surface area contributed by atoms with E-state index >= 15 is 0 Å². The molecule has 1 heterocycles. The molecule has 25 heavy (non-hydrogen) atoms. The molecule has 3 amide bonds. The van der Waals surface area contributed by atoms with Gasteiger partial charge in [-0.05, 0) is 42.9 Å². The van der Waals surface area contributed by atoms with Crippen LogP contribution >= 0.6 is 0 Å².